The van der Waals surface area contributed by atoms with E-state index in [1.807, 2.05) is 0 Å². The van der Waals surface area contributed by atoms with Crippen molar-refractivity contribution >= 4 is 0 Å². The zero-order chi connectivity index (χ0) is 15.9. The summed E-state index contributed by atoms with van der Waals surface area (Å²) >= 11 is 0. The molecule has 0 aromatic heterocycles. The number of hydrogen-bond acceptors (Lipinski definition) is 2. The summed E-state index contributed by atoms with van der Waals surface area (Å²) in [4.78, 5) is 0. The summed E-state index contributed by atoms with van der Waals surface area (Å²) in [5, 5.41) is 0. The van der Waals surface area contributed by atoms with Crippen LogP contribution in [0, 0.1) is 23.7 Å². The quantitative estimate of drug-likeness (QED) is 0.724. The van der Waals surface area contributed by atoms with Crippen LogP contribution in [0.3, 0.4) is 0 Å². The predicted octanol–water partition coefficient (Wildman–Crippen LogP) is 5.10. The van der Waals surface area contributed by atoms with Crippen LogP contribution in [0.4, 0.5) is 0 Å². The van der Waals surface area contributed by atoms with Crippen LogP contribution < -0.4 is 0 Å². The van der Waals surface area contributed by atoms with Crippen LogP contribution in [0.5, 0.6) is 0 Å². The number of hydrogen-bond donors (Lipinski definition) is 0. The van der Waals surface area contributed by atoms with E-state index in [9.17, 15) is 0 Å². The number of rotatable bonds is 6. The Morgan fingerprint density at radius 1 is 0.625 bits per heavy atom. The lowest BCUT2D eigenvalue weighted by molar-refractivity contribution is 0.00393. The van der Waals surface area contributed by atoms with Crippen molar-refractivity contribution < 1.29 is 9.47 Å². The maximum Gasteiger partial charge on any atom is 0.0720 e. The fourth-order valence-corrected chi connectivity index (χ4v) is 5.92. The fraction of sp³-hybridized carbons (Fsp3) is 0.727. The SMILES string of the molecule is c1cc(COC2CC3CCC2C3)ccc1COC1CC2CCC1C2. The minimum atomic E-state index is 0.532. The lowest BCUT2D eigenvalue weighted by atomic mass is 9.97. The van der Waals surface area contributed by atoms with Gasteiger partial charge in [0.2, 0.25) is 0 Å². The zero-order valence-electron chi connectivity index (χ0n) is 14.7. The Labute approximate surface area is 145 Å². The van der Waals surface area contributed by atoms with E-state index in [0.29, 0.717) is 12.2 Å². The highest BCUT2D eigenvalue weighted by Gasteiger charge is 2.40. The van der Waals surface area contributed by atoms with Crippen LogP contribution in [-0.2, 0) is 22.7 Å². The second-order valence-corrected chi connectivity index (χ2v) is 8.87. The monoisotopic (exact) mass is 326 g/mol. The summed E-state index contributed by atoms with van der Waals surface area (Å²) in [7, 11) is 0. The van der Waals surface area contributed by atoms with Gasteiger partial charge in [-0.25, -0.2) is 0 Å². The molecule has 2 heteroatoms. The second-order valence-electron chi connectivity index (χ2n) is 8.87. The summed E-state index contributed by atoms with van der Waals surface area (Å²) in [6, 6.07) is 8.92. The molecule has 0 radical (unpaired) electrons. The molecule has 6 unspecified atom stereocenters. The molecule has 0 N–H and O–H groups in total. The van der Waals surface area contributed by atoms with Crippen molar-refractivity contribution in [3.05, 3.63) is 35.4 Å². The highest BCUT2D eigenvalue weighted by Crippen LogP contribution is 2.47. The molecule has 6 atom stereocenters. The van der Waals surface area contributed by atoms with Gasteiger partial charge in [0, 0.05) is 0 Å². The van der Waals surface area contributed by atoms with Gasteiger partial charge in [-0.3, -0.25) is 0 Å². The molecule has 0 aliphatic heterocycles. The maximum absolute atomic E-state index is 6.21. The van der Waals surface area contributed by atoms with Crippen molar-refractivity contribution in [1.82, 2.24) is 0 Å². The highest BCUT2D eigenvalue weighted by atomic mass is 16.5. The van der Waals surface area contributed by atoms with E-state index in [1.54, 1.807) is 0 Å². The lowest BCUT2D eigenvalue weighted by Gasteiger charge is -2.22. The molecule has 4 aliphatic carbocycles. The molecule has 4 aliphatic rings. The van der Waals surface area contributed by atoms with E-state index in [4.69, 9.17) is 9.47 Å². The molecule has 1 aromatic rings. The van der Waals surface area contributed by atoms with Gasteiger partial charge in [-0.05, 0) is 86.2 Å². The standard InChI is InChI=1S/C22H30O2/c1-2-16(14-24-22-12-18-6-8-20(22)10-18)4-3-15(1)13-23-21-11-17-5-7-19(21)9-17/h1-4,17-22H,5-14H2. The van der Waals surface area contributed by atoms with Crippen molar-refractivity contribution in [3.8, 4) is 0 Å². The molecule has 4 saturated carbocycles. The predicted molar refractivity (Wildman–Crippen MR) is 94.5 cm³/mol. The molecule has 0 heterocycles. The molecule has 4 bridgehead atoms. The van der Waals surface area contributed by atoms with Gasteiger partial charge in [0.25, 0.3) is 0 Å². The van der Waals surface area contributed by atoms with Crippen molar-refractivity contribution in [2.75, 3.05) is 0 Å². The summed E-state index contributed by atoms with van der Waals surface area (Å²) < 4.78 is 12.4. The van der Waals surface area contributed by atoms with E-state index >= 15 is 0 Å². The van der Waals surface area contributed by atoms with Gasteiger partial charge in [0.1, 0.15) is 0 Å². The number of fused-ring (bicyclic) bond motifs is 4. The third-order valence-electron chi connectivity index (χ3n) is 7.30. The van der Waals surface area contributed by atoms with Crippen LogP contribution >= 0.6 is 0 Å². The Hall–Kier alpha value is -0.860. The van der Waals surface area contributed by atoms with Crippen molar-refractivity contribution in [2.45, 2.75) is 76.8 Å². The molecule has 0 spiro atoms. The van der Waals surface area contributed by atoms with Gasteiger partial charge in [0.05, 0.1) is 25.4 Å². The van der Waals surface area contributed by atoms with E-state index < -0.39 is 0 Å². The smallest absolute Gasteiger partial charge is 0.0720 e. The summed E-state index contributed by atoms with van der Waals surface area (Å²) in [5.74, 6) is 3.63. The van der Waals surface area contributed by atoms with Gasteiger partial charge >= 0.3 is 0 Å². The van der Waals surface area contributed by atoms with E-state index in [0.717, 1.165) is 36.9 Å². The molecular weight excluding hydrogens is 296 g/mol. The van der Waals surface area contributed by atoms with E-state index in [-0.39, 0.29) is 0 Å². The van der Waals surface area contributed by atoms with Crippen molar-refractivity contribution in [3.63, 3.8) is 0 Å². The third-order valence-corrected chi connectivity index (χ3v) is 7.30. The molecule has 0 saturated heterocycles. The molecule has 0 amide bonds. The van der Waals surface area contributed by atoms with Crippen LogP contribution in [0.2, 0.25) is 0 Å². The molecule has 4 fully saturated rings. The minimum Gasteiger partial charge on any atom is -0.373 e. The van der Waals surface area contributed by atoms with Crippen molar-refractivity contribution in [1.29, 1.82) is 0 Å². The average molecular weight is 326 g/mol. The maximum atomic E-state index is 6.21. The van der Waals surface area contributed by atoms with Gasteiger partial charge in [-0.1, -0.05) is 24.3 Å². The summed E-state index contributed by atoms with van der Waals surface area (Å²) in [6.45, 7) is 1.56. The first kappa shape index (κ1) is 15.4. The Balaban J connectivity index is 1.09. The van der Waals surface area contributed by atoms with Crippen LogP contribution in [0.25, 0.3) is 0 Å². The fourth-order valence-electron chi connectivity index (χ4n) is 5.92. The van der Waals surface area contributed by atoms with E-state index in [1.165, 1.54) is 62.5 Å². The van der Waals surface area contributed by atoms with Gasteiger partial charge < -0.3 is 9.47 Å². The Morgan fingerprint density at radius 3 is 1.42 bits per heavy atom. The Morgan fingerprint density at radius 2 is 1.08 bits per heavy atom. The number of benzene rings is 1. The Kier molecular flexibility index (Phi) is 4.14. The van der Waals surface area contributed by atoms with Gasteiger partial charge in [-0.2, -0.15) is 0 Å². The number of ether oxygens (including phenoxy) is 2. The molecule has 5 rings (SSSR count). The van der Waals surface area contributed by atoms with Gasteiger partial charge in [0.15, 0.2) is 0 Å². The highest BCUT2D eigenvalue weighted by molar-refractivity contribution is 5.21. The largest absolute Gasteiger partial charge is 0.373 e. The molecule has 2 nitrogen and oxygen atoms in total. The molecule has 24 heavy (non-hydrogen) atoms. The summed E-state index contributed by atoms with van der Waals surface area (Å²) in [6.07, 6.45) is 12.2. The van der Waals surface area contributed by atoms with Gasteiger partial charge in [-0.15, -0.1) is 0 Å². The zero-order valence-corrected chi connectivity index (χ0v) is 14.7. The molecular formula is C22H30O2. The first-order valence-electron chi connectivity index (χ1n) is 10.1. The van der Waals surface area contributed by atoms with Crippen LogP contribution in [0.15, 0.2) is 24.3 Å². The third kappa shape index (κ3) is 3.04. The van der Waals surface area contributed by atoms with Crippen LogP contribution in [0.1, 0.15) is 62.5 Å². The normalized spacial score (nSPS) is 39.8. The van der Waals surface area contributed by atoms with Crippen LogP contribution in [-0.4, -0.2) is 12.2 Å². The molecule has 130 valence electrons. The molecule has 1 aromatic carbocycles. The Bertz CT molecular complexity index is 515. The van der Waals surface area contributed by atoms with E-state index in [2.05, 4.69) is 24.3 Å². The van der Waals surface area contributed by atoms with Crippen molar-refractivity contribution in [2.24, 2.45) is 23.7 Å². The second kappa shape index (κ2) is 6.46. The minimum absolute atomic E-state index is 0.532. The topological polar surface area (TPSA) is 18.5 Å². The lowest BCUT2D eigenvalue weighted by Crippen LogP contribution is -2.20. The average Bonchev–Trinajstić information content (AvgIpc) is 3.39. The first-order valence-corrected chi connectivity index (χ1v) is 10.1. The first-order chi connectivity index (χ1) is 11.8. The summed E-state index contributed by atoms with van der Waals surface area (Å²) in [5.41, 5.74) is 2.61.